The second-order valence-corrected chi connectivity index (χ2v) is 6.79. The van der Waals surface area contributed by atoms with Gasteiger partial charge in [0.2, 0.25) is 0 Å². The summed E-state index contributed by atoms with van der Waals surface area (Å²) in [6.07, 6.45) is 3.11. The van der Waals surface area contributed by atoms with E-state index in [9.17, 15) is 9.59 Å². The number of aryl methyl sites for hydroxylation is 1. The molecule has 0 aliphatic heterocycles. The zero-order chi connectivity index (χ0) is 19.8. The van der Waals surface area contributed by atoms with Crippen molar-refractivity contribution in [1.29, 1.82) is 0 Å². The molecule has 2 aromatic rings. The summed E-state index contributed by atoms with van der Waals surface area (Å²) in [6, 6.07) is 13.2. The topological polar surface area (TPSA) is 55.4 Å². The Labute approximate surface area is 169 Å². The number of rotatable bonds is 8. The van der Waals surface area contributed by atoms with Crippen LogP contribution < -0.4 is 10.1 Å². The van der Waals surface area contributed by atoms with Gasteiger partial charge < -0.3 is 10.1 Å². The van der Waals surface area contributed by atoms with E-state index < -0.39 is 5.91 Å². The first-order valence-electron chi connectivity index (χ1n) is 8.50. The lowest BCUT2D eigenvalue weighted by Gasteiger charge is -2.09. The van der Waals surface area contributed by atoms with E-state index in [1.165, 1.54) is 25.7 Å². The van der Waals surface area contributed by atoms with Crippen LogP contribution in [0.4, 0.5) is 0 Å². The third-order valence-electron chi connectivity index (χ3n) is 3.93. The summed E-state index contributed by atoms with van der Waals surface area (Å²) in [5.41, 5.74) is 1.80. The molecule has 1 N–H and O–H groups in total. The Hall–Kier alpha value is -2.30. The Morgan fingerprint density at radius 2 is 1.74 bits per heavy atom. The largest absolute Gasteiger partial charge is 0.494 e. The highest BCUT2D eigenvalue weighted by Crippen LogP contribution is 2.34. The van der Waals surface area contributed by atoms with E-state index >= 15 is 0 Å². The summed E-state index contributed by atoms with van der Waals surface area (Å²) in [5, 5.41) is 3.40. The molecule has 0 saturated carbocycles. The zero-order valence-corrected chi connectivity index (χ0v) is 16.7. The number of benzene rings is 2. The lowest BCUT2D eigenvalue weighted by molar-refractivity contribution is -0.121. The van der Waals surface area contributed by atoms with Crippen LogP contribution in [-0.4, -0.2) is 25.3 Å². The van der Waals surface area contributed by atoms with E-state index in [-0.39, 0.29) is 11.4 Å². The second-order valence-electron chi connectivity index (χ2n) is 5.98. The Balaban J connectivity index is 2.04. The molecule has 0 atom stereocenters. The van der Waals surface area contributed by atoms with Crippen LogP contribution in [0.1, 0.15) is 24.5 Å². The van der Waals surface area contributed by atoms with Crippen LogP contribution in [0.2, 0.25) is 10.0 Å². The number of amides is 1. The van der Waals surface area contributed by atoms with Crippen molar-refractivity contribution in [1.82, 2.24) is 5.32 Å². The Kier molecular flexibility index (Phi) is 7.89. The first-order chi connectivity index (χ1) is 12.9. The van der Waals surface area contributed by atoms with Gasteiger partial charge in [0.1, 0.15) is 0 Å². The highest BCUT2D eigenvalue weighted by Gasteiger charge is 2.15. The van der Waals surface area contributed by atoms with Gasteiger partial charge in [0.15, 0.2) is 11.5 Å². The molecule has 0 radical (unpaired) electrons. The summed E-state index contributed by atoms with van der Waals surface area (Å²) in [7, 11) is 1.46. The molecule has 0 unspecified atom stereocenters. The molecule has 6 heteroatoms. The molecule has 0 fully saturated rings. The predicted octanol–water partition coefficient (Wildman–Crippen LogP) is 4.72. The monoisotopic (exact) mass is 405 g/mol. The minimum Gasteiger partial charge on any atom is -0.494 e. The maximum Gasteiger partial charge on any atom is 0.254 e. The SMILES string of the molecule is COc1c(Cl)cc(C=C(C(C)=O)C(=O)NCCCc2ccccc2)cc1Cl. The van der Waals surface area contributed by atoms with Crippen molar-refractivity contribution in [3.63, 3.8) is 0 Å². The molecule has 2 aromatic carbocycles. The molecule has 0 heterocycles. The van der Waals surface area contributed by atoms with E-state index in [1.807, 2.05) is 30.3 Å². The summed E-state index contributed by atoms with van der Waals surface area (Å²) in [5.74, 6) is -0.400. The number of carbonyl (C=O) groups excluding carboxylic acids is 2. The van der Waals surface area contributed by atoms with Crippen molar-refractivity contribution in [3.05, 3.63) is 69.2 Å². The number of ether oxygens (including phenoxy) is 1. The van der Waals surface area contributed by atoms with Crippen molar-refractivity contribution in [2.45, 2.75) is 19.8 Å². The van der Waals surface area contributed by atoms with Gasteiger partial charge in [-0.2, -0.15) is 0 Å². The van der Waals surface area contributed by atoms with E-state index in [4.69, 9.17) is 27.9 Å². The number of carbonyl (C=O) groups is 2. The summed E-state index contributed by atoms with van der Waals surface area (Å²) >= 11 is 12.2. The number of Topliss-reactive ketones (excluding diaryl/α,β-unsaturated/α-hetero) is 1. The lowest BCUT2D eigenvalue weighted by Crippen LogP contribution is -2.28. The molecular formula is C21H21Cl2NO3. The minimum atomic E-state index is -0.418. The Bertz CT molecular complexity index is 825. The first-order valence-corrected chi connectivity index (χ1v) is 9.25. The fourth-order valence-corrected chi connectivity index (χ4v) is 3.24. The average Bonchev–Trinajstić information content (AvgIpc) is 2.63. The summed E-state index contributed by atoms with van der Waals surface area (Å²) in [6.45, 7) is 1.82. The third kappa shape index (κ3) is 6.12. The van der Waals surface area contributed by atoms with Gasteiger partial charge in [0.25, 0.3) is 5.91 Å². The average molecular weight is 406 g/mol. The maximum atomic E-state index is 12.4. The molecule has 0 saturated heterocycles. The molecule has 4 nitrogen and oxygen atoms in total. The number of hydrogen-bond donors (Lipinski definition) is 1. The van der Waals surface area contributed by atoms with Crippen molar-refractivity contribution < 1.29 is 14.3 Å². The van der Waals surface area contributed by atoms with Crippen molar-refractivity contribution in [2.24, 2.45) is 0 Å². The number of methoxy groups -OCH3 is 1. The normalized spacial score (nSPS) is 11.2. The lowest BCUT2D eigenvalue weighted by atomic mass is 10.1. The zero-order valence-electron chi connectivity index (χ0n) is 15.2. The summed E-state index contributed by atoms with van der Waals surface area (Å²) in [4.78, 5) is 24.3. The van der Waals surface area contributed by atoms with Crippen LogP contribution in [-0.2, 0) is 16.0 Å². The van der Waals surface area contributed by atoms with Gasteiger partial charge in [-0.1, -0.05) is 53.5 Å². The first kappa shape index (κ1) is 21.0. The molecule has 0 aromatic heterocycles. The van der Waals surface area contributed by atoms with E-state index in [0.29, 0.717) is 27.9 Å². The third-order valence-corrected chi connectivity index (χ3v) is 4.49. The maximum absolute atomic E-state index is 12.4. The Morgan fingerprint density at radius 1 is 1.11 bits per heavy atom. The number of hydrogen-bond acceptors (Lipinski definition) is 3. The van der Waals surface area contributed by atoms with Crippen LogP contribution in [0.25, 0.3) is 6.08 Å². The van der Waals surface area contributed by atoms with Gasteiger partial charge in [-0.15, -0.1) is 0 Å². The van der Waals surface area contributed by atoms with Crippen molar-refractivity contribution >= 4 is 41.0 Å². The van der Waals surface area contributed by atoms with Crippen molar-refractivity contribution in [2.75, 3.05) is 13.7 Å². The molecule has 0 bridgehead atoms. The van der Waals surface area contributed by atoms with Gasteiger partial charge in [-0.25, -0.2) is 0 Å². The van der Waals surface area contributed by atoms with E-state index in [0.717, 1.165) is 12.8 Å². The van der Waals surface area contributed by atoms with Crippen LogP contribution in [0.5, 0.6) is 5.75 Å². The summed E-state index contributed by atoms with van der Waals surface area (Å²) < 4.78 is 5.10. The quantitative estimate of drug-likeness (QED) is 0.299. The van der Waals surface area contributed by atoms with Crippen LogP contribution in [0.15, 0.2) is 48.0 Å². The van der Waals surface area contributed by atoms with Gasteiger partial charge >= 0.3 is 0 Å². The molecular weight excluding hydrogens is 385 g/mol. The van der Waals surface area contributed by atoms with Gasteiger partial charge in [-0.3, -0.25) is 9.59 Å². The highest BCUT2D eigenvalue weighted by atomic mass is 35.5. The number of halogens is 2. The predicted molar refractivity (Wildman–Crippen MR) is 109 cm³/mol. The molecule has 2 rings (SSSR count). The molecule has 0 aliphatic carbocycles. The van der Waals surface area contributed by atoms with Gasteiger partial charge in [0.05, 0.1) is 22.7 Å². The van der Waals surface area contributed by atoms with E-state index in [2.05, 4.69) is 5.32 Å². The number of ketones is 1. The highest BCUT2D eigenvalue weighted by molar-refractivity contribution is 6.37. The second kappa shape index (κ2) is 10.1. The van der Waals surface area contributed by atoms with Gasteiger partial charge in [0, 0.05) is 6.54 Å². The van der Waals surface area contributed by atoms with Crippen LogP contribution >= 0.6 is 23.2 Å². The fraction of sp³-hybridized carbons (Fsp3) is 0.238. The smallest absolute Gasteiger partial charge is 0.254 e. The molecule has 142 valence electrons. The molecule has 27 heavy (non-hydrogen) atoms. The molecule has 1 amide bonds. The molecule has 0 aliphatic rings. The van der Waals surface area contributed by atoms with Crippen molar-refractivity contribution in [3.8, 4) is 5.75 Å². The van der Waals surface area contributed by atoms with Crippen LogP contribution in [0, 0.1) is 0 Å². The molecule has 0 spiro atoms. The minimum absolute atomic E-state index is 0.0482. The Morgan fingerprint density at radius 3 is 2.30 bits per heavy atom. The fourth-order valence-electron chi connectivity index (χ4n) is 2.59. The van der Waals surface area contributed by atoms with E-state index in [1.54, 1.807) is 12.1 Å². The van der Waals surface area contributed by atoms with Gasteiger partial charge in [-0.05, 0) is 49.1 Å². The van der Waals surface area contributed by atoms with Crippen LogP contribution in [0.3, 0.4) is 0 Å². The standard InChI is InChI=1S/C21H21Cl2NO3/c1-14(25)17(11-16-12-18(22)20(27-2)19(23)13-16)21(26)24-10-6-9-15-7-4-3-5-8-15/h3-5,7-8,11-13H,6,9-10H2,1-2H3,(H,24,26). The number of nitrogens with one attached hydrogen (secondary N) is 1.